The first-order valence-corrected chi connectivity index (χ1v) is 6.74. The molecular weight excluding hydrogens is 245 g/mol. The van der Waals surface area contributed by atoms with Gasteiger partial charge < -0.3 is 10.3 Å². The number of allylic oxidation sites excluding steroid dienone is 2. The van der Waals surface area contributed by atoms with Gasteiger partial charge in [0.15, 0.2) is 5.65 Å². The molecule has 0 saturated heterocycles. The monoisotopic (exact) mass is 263 g/mol. The van der Waals surface area contributed by atoms with Gasteiger partial charge in [-0.25, -0.2) is 9.97 Å². The van der Waals surface area contributed by atoms with Crippen LogP contribution in [0, 0.1) is 6.92 Å². The fourth-order valence-corrected chi connectivity index (χ4v) is 2.05. The van der Waals surface area contributed by atoms with Gasteiger partial charge in [-0.05, 0) is 26.4 Å². The van der Waals surface area contributed by atoms with E-state index < -0.39 is 0 Å². The lowest BCUT2D eigenvalue weighted by Crippen LogP contribution is -2.03. The molecule has 0 aliphatic rings. The highest BCUT2D eigenvalue weighted by atomic mass is 31.0. The topological polar surface area (TPSA) is 69.6 Å². The van der Waals surface area contributed by atoms with Crippen LogP contribution >= 0.6 is 9.24 Å². The molecule has 0 saturated carbocycles. The van der Waals surface area contributed by atoms with Gasteiger partial charge in [-0.15, -0.1) is 9.24 Å². The summed E-state index contributed by atoms with van der Waals surface area (Å²) in [5.41, 5.74) is 9.43. The minimum Gasteiger partial charge on any atom is -0.368 e. The highest BCUT2D eigenvalue weighted by Gasteiger charge is 2.09. The second-order valence-corrected chi connectivity index (χ2v) is 4.92. The first-order chi connectivity index (χ1) is 8.61. The van der Waals surface area contributed by atoms with E-state index >= 15 is 0 Å². The molecule has 1 unspecified atom stereocenters. The maximum Gasteiger partial charge on any atom is 0.222 e. The molecule has 5 nitrogen and oxygen atoms in total. The summed E-state index contributed by atoms with van der Waals surface area (Å²) in [5, 5.41) is 0. The van der Waals surface area contributed by atoms with Crippen molar-refractivity contribution >= 4 is 26.4 Å². The summed E-state index contributed by atoms with van der Waals surface area (Å²) in [6.45, 7) is 4.80. The van der Waals surface area contributed by atoms with Gasteiger partial charge in [0.1, 0.15) is 5.52 Å². The van der Waals surface area contributed by atoms with E-state index in [4.69, 9.17) is 5.73 Å². The van der Waals surface area contributed by atoms with Gasteiger partial charge in [-0.3, -0.25) is 0 Å². The summed E-state index contributed by atoms with van der Waals surface area (Å²) < 4.78 is 2.01. The van der Waals surface area contributed by atoms with E-state index in [9.17, 15) is 0 Å². The molecule has 0 fully saturated rings. The van der Waals surface area contributed by atoms with Crippen LogP contribution in [0.15, 0.2) is 18.0 Å². The second-order valence-electron chi connectivity index (χ2n) is 4.34. The maximum absolute atomic E-state index is 5.68. The zero-order valence-corrected chi connectivity index (χ0v) is 11.9. The first-order valence-electron chi connectivity index (χ1n) is 5.92. The molecule has 2 aromatic heterocycles. The molecule has 2 rings (SSSR count). The van der Waals surface area contributed by atoms with Gasteiger partial charge in [0.25, 0.3) is 0 Å². The van der Waals surface area contributed by atoms with Gasteiger partial charge in [-0.1, -0.05) is 11.6 Å². The van der Waals surface area contributed by atoms with Crippen LogP contribution in [0.4, 0.5) is 5.95 Å². The zero-order chi connectivity index (χ0) is 13.1. The molecule has 18 heavy (non-hydrogen) atoms. The van der Waals surface area contributed by atoms with E-state index in [0.29, 0.717) is 5.95 Å². The Morgan fingerprint density at radius 3 is 3.00 bits per heavy atom. The molecule has 0 spiro atoms. The van der Waals surface area contributed by atoms with E-state index in [0.717, 1.165) is 36.0 Å². The van der Waals surface area contributed by atoms with Crippen molar-refractivity contribution in [3.8, 4) is 0 Å². The molecule has 1 atom stereocenters. The number of fused-ring (bicyclic) bond motifs is 1. The predicted octanol–water partition coefficient (Wildman–Crippen LogP) is 1.93. The second kappa shape index (κ2) is 5.44. The Labute approximate surface area is 109 Å². The fraction of sp³-hybridized carbons (Fsp3) is 0.417. The Balaban J connectivity index is 2.35. The summed E-state index contributed by atoms with van der Waals surface area (Å²) in [6, 6.07) is 0. The van der Waals surface area contributed by atoms with E-state index in [2.05, 4.69) is 37.2 Å². The number of nitrogen functional groups attached to an aromatic ring is 1. The van der Waals surface area contributed by atoms with Crippen molar-refractivity contribution in [1.82, 2.24) is 19.5 Å². The number of imidazole rings is 1. The molecule has 96 valence electrons. The van der Waals surface area contributed by atoms with Crippen molar-refractivity contribution in [3.63, 3.8) is 0 Å². The van der Waals surface area contributed by atoms with Crippen molar-refractivity contribution < 1.29 is 0 Å². The standard InChI is InChI=1S/C12H18N5P/c1-8(4-3-5-18)6-17-7-14-10-9(2)15-12(13)16-11(10)17/h4,7H,3,5-6,18H2,1-2H3,(H2,13,15,16)/b8-4-. The number of nitrogens with zero attached hydrogens (tertiary/aromatic N) is 4. The molecule has 2 N–H and O–H groups in total. The lowest BCUT2D eigenvalue weighted by molar-refractivity contribution is 0.793. The van der Waals surface area contributed by atoms with Crippen LogP contribution < -0.4 is 5.73 Å². The molecule has 2 heterocycles. The average Bonchev–Trinajstić information content (AvgIpc) is 2.70. The minimum atomic E-state index is 0.299. The van der Waals surface area contributed by atoms with Crippen LogP contribution in [0.25, 0.3) is 11.2 Å². The fourth-order valence-electron chi connectivity index (χ4n) is 1.89. The predicted molar refractivity (Wildman–Crippen MR) is 77.4 cm³/mol. The summed E-state index contributed by atoms with van der Waals surface area (Å²) >= 11 is 0. The van der Waals surface area contributed by atoms with E-state index in [-0.39, 0.29) is 0 Å². The van der Waals surface area contributed by atoms with E-state index in [1.807, 2.05) is 11.5 Å². The molecule has 2 aromatic rings. The SMILES string of the molecule is C/C(=C/CCP)Cn1cnc2c(C)nc(N)nc21. The van der Waals surface area contributed by atoms with Gasteiger partial charge in [-0.2, -0.15) is 4.98 Å². The Morgan fingerprint density at radius 2 is 2.28 bits per heavy atom. The van der Waals surface area contributed by atoms with Crippen LogP contribution in [0.3, 0.4) is 0 Å². The number of hydrogen-bond acceptors (Lipinski definition) is 4. The molecular formula is C12H18N5P. The zero-order valence-electron chi connectivity index (χ0n) is 10.7. The van der Waals surface area contributed by atoms with Gasteiger partial charge in [0, 0.05) is 6.54 Å². The van der Waals surface area contributed by atoms with Crippen molar-refractivity contribution in [2.75, 3.05) is 11.9 Å². The molecule has 0 bridgehead atoms. The number of hydrogen-bond donors (Lipinski definition) is 1. The number of rotatable bonds is 4. The third-order valence-corrected chi connectivity index (χ3v) is 3.07. The Kier molecular flexibility index (Phi) is 3.92. The number of aryl methyl sites for hydroxylation is 1. The van der Waals surface area contributed by atoms with E-state index in [1.54, 1.807) is 6.33 Å². The smallest absolute Gasteiger partial charge is 0.222 e. The number of aromatic nitrogens is 4. The Morgan fingerprint density at radius 1 is 1.50 bits per heavy atom. The normalized spacial score (nSPS) is 12.3. The summed E-state index contributed by atoms with van der Waals surface area (Å²) in [6.07, 6.45) is 6.18. The lowest BCUT2D eigenvalue weighted by Gasteiger charge is -2.05. The van der Waals surface area contributed by atoms with Crippen molar-refractivity contribution in [1.29, 1.82) is 0 Å². The van der Waals surface area contributed by atoms with Gasteiger partial charge in [0.2, 0.25) is 5.95 Å². The van der Waals surface area contributed by atoms with E-state index in [1.165, 1.54) is 5.57 Å². The van der Waals surface area contributed by atoms with Crippen LogP contribution in [-0.4, -0.2) is 25.7 Å². The van der Waals surface area contributed by atoms with Crippen molar-refractivity contribution in [2.24, 2.45) is 0 Å². The molecule has 0 aliphatic heterocycles. The quantitative estimate of drug-likeness (QED) is 0.676. The highest BCUT2D eigenvalue weighted by Crippen LogP contribution is 2.15. The average molecular weight is 263 g/mol. The number of anilines is 1. The van der Waals surface area contributed by atoms with Gasteiger partial charge in [0.05, 0.1) is 12.0 Å². The maximum atomic E-state index is 5.68. The van der Waals surface area contributed by atoms with Crippen LogP contribution in [0.5, 0.6) is 0 Å². The Hall–Kier alpha value is -1.48. The van der Waals surface area contributed by atoms with Crippen LogP contribution in [-0.2, 0) is 6.54 Å². The molecule has 0 aliphatic carbocycles. The van der Waals surface area contributed by atoms with Gasteiger partial charge >= 0.3 is 0 Å². The third-order valence-electron chi connectivity index (χ3n) is 2.73. The summed E-state index contributed by atoms with van der Waals surface area (Å²) in [4.78, 5) is 12.7. The van der Waals surface area contributed by atoms with Crippen molar-refractivity contribution in [2.45, 2.75) is 26.8 Å². The summed E-state index contributed by atoms with van der Waals surface area (Å²) in [7, 11) is 2.73. The molecule has 0 aromatic carbocycles. The number of nitrogens with two attached hydrogens (primary N) is 1. The third kappa shape index (κ3) is 2.67. The van der Waals surface area contributed by atoms with Crippen molar-refractivity contribution in [3.05, 3.63) is 23.7 Å². The minimum absolute atomic E-state index is 0.299. The largest absolute Gasteiger partial charge is 0.368 e. The van der Waals surface area contributed by atoms with Crippen LogP contribution in [0.2, 0.25) is 0 Å². The lowest BCUT2D eigenvalue weighted by atomic mass is 10.2. The molecule has 0 radical (unpaired) electrons. The Bertz CT molecular complexity index is 587. The highest BCUT2D eigenvalue weighted by molar-refractivity contribution is 7.16. The molecule has 0 amide bonds. The van der Waals surface area contributed by atoms with Crippen LogP contribution in [0.1, 0.15) is 19.0 Å². The first kappa shape index (κ1) is 13.0. The molecule has 6 heteroatoms. The summed E-state index contributed by atoms with van der Waals surface area (Å²) in [5.74, 6) is 0.299.